The van der Waals surface area contributed by atoms with Crippen molar-refractivity contribution in [3.63, 3.8) is 0 Å². The number of nitrogens with zero attached hydrogens (tertiary/aromatic N) is 1. The molecule has 0 spiro atoms. The Morgan fingerprint density at radius 2 is 2.00 bits per heavy atom. The summed E-state index contributed by atoms with van der Waals surface area (Å²) in [4.78, 5) is 14.6. The van der Waals surface area contributed by atoms with Gasteiger partial charge in [-0.2, -0.15) is 0 Å². The number of rotatable bonds is 3. The van der Waals surface area contributed by atoms with Gasteiger partial charge in [0, 0.05) is 24.5 Å². The van der Waals surface area contributed by atoms with Crippen LogP contribution in [0.25, 0.3) is 0 Å². The topological polar surface area (TPSA) is 53.6 Å². The normalized spacial score (nSPS) is 25.9. The number of hydrogen-bond acceptors (Lipinski definition) is 4. The van der Waals surface area contributed by atoms with Gasteiger partial charge in [0.2, 0.25) is 5.91 Å². The summed E-state index contributed by atoms with van der Waals surface area (Å²) in [6.45, 7) is 6.30. The first-order valence-corrected chi connectivity index (χ1v) is 7.67. The molecule has 1 unspecified atom stereocenters. The van der Waals surface area contributed by atoms with Gasteiger partial charge in [-0.05, 0) is 50.6 Å². The van der Waals surface area contributed by atoms with Crippen LogP contribution in [-0.2, 0) is 9.53 Å². The second-order valence-corrected chi connectivity index (χ2v) is 5.96. The van der Waals surface area contributed by atoms with Gasteiger partial charge in [0.1, 0.15) is 0 Å². The molecule has 3 rings (SSSR count). The van der Waals surface area contributed by atoms with Crippen molar-refractivity contribution in [2.45, 2.75) is 25.3 Å². The molecule has 21 heavy (non-hydrogen) atoms. The zero-order valence-electron chi connectivity index (χ0n) is 12.5. The van der Waals surface area contributed by atoms with Gasteiger partial charge in [0.05, 0.1) is 18.8 Å². The van der Waals surface area contributed by atoms with E-state index in [2.05, 4.69) is 27.7 Å². The maximum absolute atomic E-state index is 12.3. The molecule has 2 N–H and O–H groups in total. The summed E-state index contributed by atoms with van der Waals surface area (Å²) >= 11 is 0. The maximum atomic E-state index is 12.3. The summed E-state index contributed by atoms with van der Waals surface area (Å²) in [7, 11) is 0. The van der Waals surface area contributed by atoms with Crippen molar-refractivity contribution >= 4 is 17.3 Å². The lowest BCUT2D eigenvalue weighted by Gasteiger charge is -2.29. The van der Waals surface area contributed by atoms with Crippen molar-refractivity contribution in [1.29, 1.82) is 0 Å². The SMILES string of the molecule is CC1(C(=O)Nc2ccc(N3CCOCC3)cc2)CCCN1. The van der Waals surface area contributed by atoms with Crippen LogP contribution >= 0.6 is 0 Å². The number of benzene rings is 1. The third-order valence-corrected chi connectivity index (χ3v) is 4.37. The van der Waals surface area contributed by atoms with Crippen LogP contribution in [0.4, 0.5) is 11.4 Å². The van der Waals surface area contributed by atoms with Crippen molar-refractivity contribution in [2.24, 2.45) is 0 Å². The predicted molar refractivity (Wildman–Crippen MR) is 83.7 cm³/mol. The third kappa shape index (κ3) is 3.19. The van der Waals surface area contributed by atoms with E-state index in [9.17, 15) is 4.79 Å². The van der Waals surface area contributed by atoms with Gasteiger partial charge < -0.3 is 20.3 Å². The molecule has 1 atom stereocenters. The molecule has 0 radical (unpaired) electrons. The first kappa shape index (κ1) is 14.4. The van der Waals surface area contributed by atoms with Crippen LogP contribution in [0.15, 0.2) is 24.3 Å². The lowest BCUT2D eigenvalue weighted by molar-refractivity contribution is -0.121. The van der Waals surface area contributed by atoms with Gasteiger partial charge in [0.15, 0.2) is 0 Å². The molecule has 1 aromatic carbocycles. The Labute approximate surface area is 125 Å². The van der Waals surface area contributed by atoms with Gasteiger partial charge in [-0.15, -0.1) is 0 Å². The van der Waals surface area contributed by atoms with Crippen LogP contribution in [0, 0.1) is 0 Å². The van der Waals surface area contributed by atoms with Gasteiger partial charge in [-0.25, -0.2) is 0 Å². The number of morpholine rings is 1. The summed E-state index contributed by atoms with van der Waals surface area (Å²) < 4.78 is 5.36. The molecule has 0 aromatic heterocycles. The minimum absolute atomic E-state index is 0.0547. The highest BCUT2D eigenvalue weighted by molar-refractivity contribution is 5.98. The molecular weight excluding hydrogens is 266 g/mol. The lowest BCUT2D eigenvalue weighted by Crippen LogP contribution is -2.47. The summed E-state index contributed by atoms with van der Waals surface area (Å²) in [5.41, 5.74) is 1.61. The molecule has 1 aromatic rings. The Morgan fingerprint density at radius 1 is 1.29 bits per heavy atom. The van der Waals surface area contributed by atoms with Crippen LogP contribution < -0.4 is 15.5 Å². The van der Waals surface area contributed by atoms with Crippen LogP contribution in [0.2, 0.25) is 0 Å². The van der Waals surface area contributed by atoms with E-state index < -0.39 is 5.54 Å². The van der Waals surface area contributed by atoms with Gasteiger partial charge >= 0.3 is 0 Å². The Balaban J connectivity index is 1.62. The zero-order chi connectivity index (χ0) is 14.7. The summed E-state index contributed by atoms with van der Waals surface area (Å²) in [5, 5.41) is 6.29. The Morgan fingerprint density at radius 3 is 2.62 bits per heavy atom. The average molecular weight is 289 g/mol. The molecule has 0 aliphatic carbocycles. The van der Waals surface area contributed by atoms with Crippen molar-refractivity contribution in [1.82, 2.24) is 5.32 Å². The molecule has 5 nitrogen and oxygen atoms in total. The third-order valence-electron chi connectivity index (χ3n) is 4.37. The van der Waals surface area contributed by atoms with E-state index in [-0.39, 0.29) is 5.91 Å². The highest BCUT2D eigenvalue weighted by Crippen LogP contribution is 2.23. The molecule has 0 bridgehead atoms. The fourth-order valence-corrected chi connectivity index (χ4v) is 2.93. The van der Waals surface area contributed by atoms with Crippen LogP contribution in [0.3, 0.4) is 0 Å². The number of carbonyl (C=O) groups is 1. The van der Waals surface area contributed by atoms with E-state index in [0.717, 1.165) is 51.4 Å². The summed E-state index contributed by atoms with van der Waals surface area (Å²) in [6.07, 6.45) is 1.95. The minimum Gasteiger partial charge on any atom is -0.378 e. The summed E-state index contributed by atoms with van der Waals surface area (Å²) in [6, 6.07) is 8.07. The smallest absolute Gasteiger partial charge is 0.244 e. The molecule has 2 fully saturated rings. The van der Waals surface area contributed by atoms with Gasteiger partial charge in [-0.3, -0.25) is 4.79 Å². The first-order chi connectivity index (χ1) is 10.2. The Bertz CT molecular complexity index is 489. The fraction of sp³-hybridized carbons (Fsp3) is 0.562. The number of carbonyl (C=O) groups excluding carboxylic acids is 1. The van der Waals surface area contributed by atoms with E-state index >= 15 is 0 Å². The van der Waals surface area contributed by atoms with Crippen LogP contribution in [-0.4, -0.2) is 44.3 Å². The highest BCUT2D eigenvalue weighted by Gasteiger charge is 2.35. The first-order valence-electron chi connectivity index (χ1n) is 7.67. The van der Waals surface area contributed by atoms with Gasteiger partial charge in [-0.1, -0.05) is 0 Å². The van der Waals surface area contributed by atoms with Crippen molar-refractivity contribution < 1.29 is 9.53 Å². The molecule has 114 valence electrons. The number of hydrogen-bond donors (Lipinski definition) is 2. The summed E-state index contributed by atoms with van der Waals surface area (Å²) in [5.74, 6) is 0.0547. The molecule has 0 saturated carbocycles. The van der Waals surface area contributed by atoms with E-state index in [1.165, 1.54) is 5.69 Å². The fourth-order valence-electron chi connectivity index (χ4n) is 2.93. The van der Waals surface area contributed by atoms with Crippen molar-refractivity contribution in [3.05, 3.63) is 24.3 Å². The largest absolute Gasteiger partial charge is 0.378 e. The highest BCUT2D eigenvalue weighted by atomic mass is 16.5. The lowest BCUT2D eigenvalue weighted by atomic mass is 9.99. The van der Waals surface area contributed by atoms with Crippen molar-refractivity contribution in [2.75, 3.05) is 43.1 Å². The van der Waals surface area contributed by atoms with E-state index in [4.69, 9.17) is 4.74 Å². The Hall–Kier alpha value is -1.59. The second-order valence-electron chi connectivity index (χ2n) is 5.96. The quantitative estimate of drug-likeness (QED) is 0.887. The monoisotopic (exact) mass is 289 g/mol. The predicted octanol–water partition coefficient (Wildman–Crippen LogP) is 1.60. The molecule has 1 amide bonds. The van der Waals surface area contributed by atoms with E-state index in [1.807, 2.05) is 19.1 Å². The molecule has 2 heterocycles. The molecule has 2 aliphatic heterocycles. The number of nitrogens with one attached hydrogen (secondary N) is 2. The van der Waals surface area contributed by atoms with E-state index in [0.29, 0.717) is 0 Å². The number of anilines is 2. The molecule has 2 saturated heterocycles. The molecular formula is C16H23N3O2. The molecule has 2 aliphatic rings. The standard InChI is InChI=1S/C16H23N3O2/c1-16(7-2-8-17-16)15(20)18-13-3-5-14(6-4-13)19-9-11-21-12-10-19/h3-6,17H,2,7-12H2,1H3,(H,18,20). The minimum atomic E-state index is -0.428. The van der Waals surface area contributed by atoms with Crippen LogP contribution in [0.5, 0.6) is 0 Å². The molecule has 5 heteroatoms. The maximum Gasteiger partial charge on any atom is 0.244 e. The second kappa shape index (κ2) is 6.03. The number of amides is 1. The van der Waals surface area contributed by atoms with Gasteiger partial charge in [0.25, 0.3) is 0 Å². The number of ether oxygens (including phenoxy) is 1. The Kier molecular flexibility index (Phi) is 4.12. The van der Waals surface area contributed by atoms with Crippen molar-refractivity contribution in [3.8, 4) is 0 Å². The van der Waals surface area contributed by atoms with E-state index in [1.54, 1.807) is 0 Å². The average Bonchev–Trinajstić information content (AvgIpc) is 2.97. The zero-order valence-corrected chi connectivity index (χ0v) is 12.5. The van der Waals surface area contributed by atoms with Crippen LogP contribution in [0.1, 0.15) is 19.8 Å².